The maximum Gasteiger partial charge on any atom is 0.329 e. The lowest BCUT2D eigenvalue weighted by atomic mass is 9.96. The number of fused-ring (bicyclic) bond motifs is 1. The van der Waals surface area contributed by atoms with Crippen LogP contribution >= 0.6 is 0 Å². The second-order valence-electron chi connectivity index (χ2n) is 10.1. The van der Waals surface area contributed by atoms with Gasteiger partial charge < -0.3 is 9.64 Å². The van der Waals surface area contributed by atoms with Crippen molar-refractivity contribution in [3.8, 4) is 17.2 Å². The van der Waals surface area contributed by atoms with Gasteiger partial charge in [0, 0.05) is 13.0 Å². The molecule has 1 amide bonds. The lowest BCUT2D eigenvalue weighted by Gasteiger charge is -2.33. The van der Waals surface area contributed by atoms with Crippen LogP contribution in [0.3, 0.4) is 0 Å². The minimum atomic E-state index is -0.687. The number of rotatable bonds is 10. The number of amides is 1. The average molecular weight is 519 g/mol. The molecule has 5 nitrogen and oxygen atoms in total. The zero-order valence-electron chi connectivity index (χ0n) is 22.8. The lowest BCUT2D eigenvalue weighted by molar-refractivity contribution is -0.159. The number of carbonyl (C=O) groups excluding carboxylic acids is 2. The van der Waals surface area contributed by atoms with E-state index >= 15 is 0 Å². The molecular weight excluding hydrogens is 484 g/mol. The maximum absolute atomic E-state index is 13.3. The van der Waals surface area contributed by atoms with Gasteiger partial charge in [-0.15, -0.1) is 0 Å². The van der Waals surface area contributed by atoms with Gasteiger partial charge in [0.05, 0.1) is 11.6 Å². The van der Waals surface area contributed by atoms with Gasteiger partial charge in [-0.3, -0.25) is 4.79 Å². The minimum Gasteiger partial charge on any atom is -0.459 e. The Bertz CT molecular complexity index is 1490. The van der Waals surface area contributed by atoms with Crippen molar-refractivity contribution in [2.24, 2.45) is 5.92 Å². The zero-order chi connectivity index (χ0) is 27.8. The van der Waals surface area contributed by atoms with Crippen LogP contribution in [-0.4, -0.2) is 22.8 Å². The molecule has 4 aromatic rings. The Morgan fingerprint density at radius 2 is 1.56 bits per heavy atom. The van der Waals surface area contributed by atoms with E-state index in [1.165, 1.54) is 0 Å². The Hall–Kier alpha value is -4.43. The third-order valence-electron chi connectivity index (χ3n) is 6.83. The molecule has 0 aliphatic carbocycles. The first-order chi connectivity index (χ1) is 18.9. The van der Waals surface area contributed by atoms with Crippen molar-refractivity contribution in [3.05, 3.63) is 108 Å². The molecule has 0 fully saturated rings. The Labute approximate surface area is 230 Å². The van der Waals surface area contributed by atoms with Crippen LogP contribution in [0, 0.1) is 17.2 Å². The van der Waals surface area contributed by atoms with Crippen molar-refractivity contribution in [2.75, 3.05) is 0 Å². The highest BCUT2D eigenvalue weighted by Gasteiger charge is 2.33. The van der Waals surface area contributed by atoms with E-state index in [1.807, 2.05) is 99.6 Å². The van der Waals surface area contributed by atoms with Crippen LogP contribution in [0.4, 0.5) is 0 Å². The standard InChI is InChI=1S/C34H34N2O3/c1-4-10-32(37)36(33(24(2)3)34(38)39-23-25-11-6-5-7-12-25)22-26-15-16-28-20-29(18-17-27(28)19-26)31-14-9-8-13-30(31)21-35/h5-9,11-20,24,33H,4,10,22-23H2,1-3H3/t33-/m0/s1. The molecule has 39 heavy (non-hydrogen) atoms. The topological polar surface area (TPSA) is 70.4 Å². The summed E-state index contributed by atoms with van der Waals surface area (Å²) in [7, 11) is 0. The third-order valence-corrected chi connectivity index (χ3v) is 6.83. The second-order valence-corrected chi connectivity index (χ2v) is 10.1. The molecule has 198 valence electrons. The van der Waals surface area contributed by atoms with Crippen molar-refractivity contribution < 1.29 is 14.3 Å². The van der Waals surface area contributed by atoms with Gasteiger partial charge in [-0.05, 0) is 63.6 Å². The summed E-state index contributed by atoms with van der Waals surface area (Å²) in [4.78, 5) is 28.3. The lowest BCUT2D eigenvalue weighted by Crippen LogP contribution is -2.48. The van der Waals surface area contributed by atoms with E-state index in [0.29, 0.717) is 24.9 Å². The molecule has 5 heteroatoms. The molecule has 0 heterocycles. The number of nitrogens with zero attached hydrogens (tertiary/aromatic N) is 2. The highest BCUT2D eigenvalue weighted by molar-refractivity contribution is 5.89. The first kappa shape index (κ1) is 27.6. The zero-order valence-corrected chi connectivity index (χ0v) is 22.8. The van der Waals surface area contributed by atoms with E-state index in [-0.39, 0.29) is 24.4 Å². The number of hydrogen-bond acceptors (Lipinski definition) is 4. The number of hydrogen-bond donors (Lipinski definition) is 0. The fraction of sp³-hybridized carbons (Fsp3) is 0.265. The molecule has 0 aliphatic rings. The van der Waals surface area contributed by atoms with E-state index in [9.17, 15) is 14.9 Å². The van der Waals surface area contributed by atoms with Gasteiger partial charge in [-0.25, -0.2) is 4.79 Å². The largest absolute Gasteiger partial charge is 0.459 e. The van der Waals surface area contributed by atoms with Crippen LogP contribution in [0.15, 0.2) is 91.0 Å². The molecule has 0 radical (unpaired) electrons. The van der Waals surface area contributed by atoms with E-state index < -0.39 is 6.04 Å². The van der Waals surface area contributed by atoms with E-state index in [1.54, 1.807) is 4.90 Å². The molecule has 0 saturated heterocycles. The molecule has 4 aromatic carbocycles. The quantitative estimate of drug-likeness (QED) is 0.207. The van der Waals surface area contributed by atoms with E-state index in [2.05, 4.69) is 18.2 Å². The van der Waals surface area contributed by atoms with E-state index in [0.717, 1.165) is 33.0 Å². The van der Waals surface area contributed by atoms with Crippen molar-refractivity contribution in [3.63, 3.8) is 0 Å². The number of benzene rings is 4. The predicted molar refractivity (Wildman–Crippen MR) is 154 cm³/mol. The smallest absolute Gasteiger partial charge is 0.329 e. The third kappa shape index (κ3) is 6.72. The number of esters is 1. The van der Waals surface area contributed by atoms with Crippen molar-refractivity contribution in [1.82, 2.24) is 4.90 Å². The first-order valence-electron chi connectivity index (χ1n) is 13.4. The van der Waals surface area contributed by atoms with Gasteiger partial charge >= 0.3 is 5.97 Å². The summed E-state index contributed by atoms with van der Waals surface area (Å²) < 4.78 is 5.69. The van der Waals surface area contributed by atoms with E-state index in [4.69, 9.17) is 4.74 Å². The predicted octanol–water partition coefficient (Wildman–Crippen LogP) is 7.28. The van der Waals surface area contributed by atoms with Crippen molar-refractivity contribution in [2.45, 2.75) is 52.8 Å². The maximum atomic E-state index is 13.3. The molecular formula is C34H34N2O3. The monoisotopic (exact) mass is 518 g/mol. The molecule has 0 aliphatic heterocycles. The molecule has 0 N–H and O–H groups in total. The molecule has 0 saturated carbocycles. The Morgan fingerprint density at radius 1 is 0.872 bits per heavy atom. The summed E-state index contributed by atoms with van der Waals surface area (Å²) in [5.74, 6) is -0.561. The van der Waals surface area contributed by atoms with Crippen LogP contribution in [0.1, 0.15) is 50.3 Å². The van der Waals surface area contributed by atoms with Crippen LogP contribution < -0.4 is 0 Å². The fourth-order valence-corrected chi connectivity index (χ4v) is 4.86. The molecule has 4 rings (SSSR count). The van der Waals surface area contributed by atoms with Gasteiger partial charge in [0.1, 0.15) is 12.6 Å². The van der Waals surface area contributed by atoms with Crippen LogP contribution in [-0.2, 0) is 27.5 Å². The van der Waals surface area contributed by atoms with Crippen molar-refractivity contribution in [1.29, 1.82) is 5.26 Å². The van der Waals surface area contributed by atoms with Crippen molar-refractivity contribution >= 4 is 22.6 Å². The average Bonchev–Trinajstić information content (AvgIpc) is 2.96. The highest BCUT2D eigenvalue weighted by atomic mass is 16.5. The summed E-state index contributed by atoms with van der Waals surface area (Å²) >= 11 is 0. The van der Waals surface area contributed by atoms with Crippen LogP contribution in [0.5, 0.6) is 0 Å². The molecule has 1 atom stereocenters. The Balaban J connectivity index is 1.60. The molecule has 0 spiro atoms. The summed E-state index contributed by atoms with van der Waals surface area (Å²) in [6.45, 7) is 6.35. The fourth-order valence-electron chi connectivity index (χ4n) is 4.86. The van der Waals surface area contributed by atoms with Gasteiger partial charge in [0.25, 0.3) is 0 Å². The minimum absolute atomic E-state index is 0.0589. The molecule has 0 bridgehead atoms. The number of nitriles is 1. The Kier molecular flexibility index (Phi) is 9.12. The van der Waals surface area contributed by atoms with Gasteiger partial charge in [-0.2, -0.15) is 5.26 Å². The second kappa shape index (κ2) is 12.9. The van der Waals surface area contributed by atoms with Crippen LogP contribution in [0.25, 0.3) is 21.9 Å². The first-order valence-corrected chi connectivity index (χ1v) is 13.4. The molecule has 0 unspecified atom stereocenters. The normalized spacial score (nSPS) is 11.7. The number of carbonyl (C=O) groups is 2. The highest BCUT2D eigenvalue weighted by Crippen LogP contribution is 2.28. The van der Waals surface area contributed by atoms with Gasteiger partial charge in [0.15, 0.2) is 0 Å². The van der Waals surface area contributed by atoms with Gasteiger partial charge in [-0.1, -0.05) is 93.6 Å². The SMILES string of the molecule is CCCC(=O)N(Cc1ccc2cc(-c3ccccc3C#N)ccc2c1)[C@H](C(=O)OCc1ccccc1)C(C)C. The molecule has 0 aromatic heterocycles. The summed E-state index contributed by atoms with van der Waals surface area (Å²) in [5.41, 5.74) is 4.37. The summed E-state index contributed by atoms with van der Waals surface area (Å²) in [5, 5.41) is 11.6. The van der Waals surface area contributed by atoms with Crippen LogP contribution in [0.2, 0.25) is 0 Å². The van der Waals surface area contributed by atoms with Gasteiger partial charge in [0.2, 0.25) is 5.91 Å². The number of ether oxygens (including phenoxy) is 1. The summed E-state index contributed by atoms with van der Waals surface area (Å²) in [6.07, 6.45) is 1.06. The summed E-state index contributed by atoms with van der Waals surface area (Å²) in [6, 6.07) is 30.9. The Morgan fingerprint density at radius 3 is 2.28 bits per heavy atom.